The van der Waals surface area contributed by atoms with Crippen LogP contribution in [0, 0.1) is 6.92 Å². The minimum Gasteiger partial charge on any atom is -0.468 e. The van der Waals surface area contributed by atoms with Gasteiger partial charge in [0.15, 0.2) is 0 Å². The third kappa shape index (κ3) is 5.57. The molecule has 0 amide bonds. The lowest BCUT2D eigenvalue weighted by atomic mass is 10.1. The van der Waals surface area contributed by atoms with Gasteiger partial charge in [0, 0.05) is 31.2 Å². The van der Waals surface area contributed by atoms with E-state index in [2.05, 4.69) is 0 Å². The summed E-state index contributed by atoms with van der Waals surface area (Å²) >= 11 is 5.95. The SMILES string of the molecule is COC(=O)C1CN(Cc2ccc(Cl)cc2)CCS(=O)(=O)N1Cc1ccc(C)cc1. The van der Waals surface area contributed by atoms with Gasteiger partial charge in [0.2, 0.25) is 10.0 Å². The van der Waals surface area contributed by atoms with Gasteiger partial charge in [-0.05, 0) is 30.2 Å². The summed E-state index contributed by atoms with van der Waals surface area (Å²) in [6, 6.07) is 14.1. The van der Waals surface area contributed by atoms with Gasteiger partial charge in [-0.3, -0.25) is 9.69 Å². The van der Waals surface area contributed by atoms with Crippen LogP contribution in [-0.2, 0) is 32.6 Å². The number of carbonyl (C=O) groups excluding carboxylic acids is 1. The average Bonchev–Trinajstić information content (AvgIpc) is 2.82. The Hall–Kier alpha value is -1.93. The van der Waals surface area contributed by atoms with E-state index in [1.54, 1.807) is 12.1 Å². The van der Waals surface area contributed by atoms with E-state index in [1.807, 2.05) is 48.2 Å². The topological polar surface area (TPSA) is 66.9 Å². The van der Waals surface area contributed by atoms with Crippen LogP contribution >= 0.6 is 11.6 Å². The molecule has 8 heteroatoms. The molecule has 29 heavy (non-hydrogen) atoms. The van der Waals surface area contributed by atoms with Crippen molar-refractivity contribution in [2.24, 2.45) is 0 Å². The van der Waals surface area contributed by atoms with Crippen molar-refractivity contribution < 1.29 is 17.9 Å². The summed E-state index contributed by atoms with van der Waals surface area (Å²) in [6.45, 7) is 3.23. The van der Waals surface area contributed by atoms with Crippen LogP contribution in [0.15, 0.2) is 48.5 Å². The van der Waals surface area contributed by atoms with Crippen LogP contribution < -0.4 is 0 Å². The predicted molar refractivity (Wildman–Crippen MR) is 113 cm³/mol. The number of rotatable bonds is 5. The van der Waals surface area contributed by atoms with E-state index in [4.69, 9.17) is 16.3 Å². The number of esters is 1. The maximum atomic E-state index is 13.0. The van der Waals surface area contributed by atoms with Gasteiger partial charge < -0.3 is 4.74 Å². The number of carbonyl (C=O) groups is 1. The lowest BCUT2D eigenvalue weighted by molar-refractivity contribution is -0.145. The Balaban J connectivity index is 1.86. The van der Waals surface area contributed by atoms with E-state index in [0.29, 0.717) is 18.1 Å². The van der Waals surface area contributed by atoms with Gasteiger partial charge in [0.25, 0.3) is 0 Å². The number of aryl methyl sites for hydroxylation is 1. The largest absolute Gasteiger partial charge is 0.468 e. The van der Waals surface area contributed by atoms with Gasteiger partial charge in [0.05, 0.1) is 12.9 Å². The van der Waals surface area contributed by atoms with E-state index in [9.17, 15) is 13.2 Å². The third-order valence-corrected chi connectivity index (χ3v) is 7.10. The van der Waals surface area contributed by atoms with Gasteiger partial charge in [-0.15, -0.1) is 0 Å². The molecule has 0 radical (unpaired) electrons. The van der Waals surface area contributed by atoms with Gasteiger partial charge in [-0.2, -0.15) is 4.31 Å². The van der Waals surface area contributed by atoms with E-state index >= 15 is 0 Å². The Morgan fingerprint density at radius 3 is 2.28 bits per heavy atom. The molecule has 0 saturated carbocycles. The van der Waals surface area contributed by atoms with Crippen molar-refractivity contribution in [3.63, 3.8) is 0 Å². The van der Waals surface area contributed by atoms with Crippen molar-refractivity contribution in [1.82, 2.24) is 9.21 Å². The van der Waals surface area contributed by atoms with E-state index in [1.165, 1.54) is 11.4 Å². The Morgan fingerprint density at radius 2 is 1.66 bits per heavy atom. The van der Waals surface area contributed by atoms with Gasteiger partial charge >= 0.3 is 5.97 Å². The highest BCUT2D eigenvalue weighted by Crippen LogP contribution is 2.21. The fourth-order valence-corrected chi connectivity index (χ4v) is 5.12. The first-order valence-electron chi connectivity index (χ1n) is 9.38. The molecule has 1 fully saturated rings. The molecular formula is C21H25ClN2O4S. The lowest BCUT2D eigenvalue weighted by Gasteiger charge is -2.28. The van der Waals surface area contributed by atoms with Crippen molar-refractivity contribution in [3.05, 3.63) is 70.2 Å². The van der Waals surface area contributed by atoms with Crippen molar-refractivity contribution in [2.75, 3.05) is 26.0 Å². The summed E-state index contributed by atoms with van der Waals surface area (Å²) in [4.78, 5) is 14.5. The summed E-state index contributed by atoms with van der Waals surface area (Å²) in [7, 11) is -2.35. The molecule has 0 bridgehead atoms. The lowest BCUT2D eigenvalue weighted by Crippen LogP contribution is -2.48. The van der Waals surface area contributed by atoms with Crippen LogP contribution in [0.2, 0.25) is 5.02 Å². The van der Waals surface area contributed by atoms with Crippen molar-refractivity contribution in [3.8, 4) is 0 Å². The first-order chi connectivity index (χ1) is 13.8. The molecule has 2 aromatic carbocycles. The maximum Gasteiger partial charge on any atom is 0.325 e. The van der Waals surface area contributed by atoms with Crippen molar-refractivity contribution >= 4 is 27.6 Å². The quantitative estimate of drug-likeness (QED) is 0.674. The molecule has 2 aromatic rings. The van der Waals surface area contributed by atoms with Crippen molar-refractivity contribution in [2.45, 2.75) is 26.1 Å². The Kier molecular flexibility index (Phi) is 6.95. The third-order valence-electron chi connectivity index (χ3n) is 5.05. The predicted octanol–water partition coefficient (Wildman–Crippen LogP) is 2.84. The molecule has 0 N–H and O–H groups in total. The number of methoxy groups -OCH3 is 1. The molecule has 1 aliphatic rings. The Bertz CT molecular complexity index is 946. The summed E-state index contributed by atoms with van der Waals surface area (Å²) in [5.74, 6) is -0.608. The standard InChI is InChI=1S/C21H25ClN2O4S/c1-16-3-5-18(6-4-16)14-24-20(21(25)28-2)15-23(11-12-29(24,26)27)13-17-7-9-19(22)10-8-17/h3-10,20H,11-15H2,1-2H3. The van der Waals surface area contributed by atoms with Crippen LogP contribution in [0.4, 0.5) is 0 Å². The minimum atomic E-state index is -3.63. The zero-order chi connectivity index (χ0) is 21.0. The highest BCUT2D eigenvalue weighted by atomic mass is 35.5. The maximum absolute atomic E-state index is 13.0. The van der Waals surface area contributed by atoms with Gasteiger partial charge in [-0.1, -0.05) is 53.6 Å². The molecule has 6 nitrogen and oxygen atoms in total. The second-order valence-electron chi connectivity index (χ2n) is 7.25. The first-order valence-corrected chi connectivity index (χ1v) is 11.4. The number of ether oxygens (including phenoxy) is 1. The number of halogens is 1. The summed E-state index contributed by atoms with van der Waals surface area (Å²) < 4.78 is 32.3. The number of benzene rings is 2. The second-order valence-corrected chi connectivity index (χ2v) is 9.72. The first kappa shape index (κ1) is 21.8. The number of nitrogens with zero attached hydrogens (tertiary/aromatic N) is 2. The Labute approximate surface area is 177 Å². The van der Waals surface area contributed by atoms with Gasteiger partial charge in [0.1, 0.15) is 6.04 Å². The molecule has 1 saturated heterocycles. The monoisotopic (exact) mass is 436 g/mol. The highest BCUT2D eigenvalue weighted by molar-refractivity contribution is 7.89. The zero-order valence-electron chi connectivity index (χ0n) is 16.5. The number of hydrogen-bond donors (Lipinski definition) is 0. The number of sulfonamides is 1. The average molecular weight is 437 g/mol. The summed E-state index contributed by atoms with van der Waals surface area (Å²) in [5, 5.41) is 0.643. The molecule has 0 spiro atoms. The van der Waals surface area contributed by atoms with Crippen LogP contribution in [-0.4, -0.2) is 55.6 Å². The summed E-state index contributed by atoms with van der Waals surface area (Å²) in [5.41, 5.74) is 2.92. The molecule has 1 aliphatic heterocycles. The molecule has 1 unspecified atom stereocenters. The molecular weight excluding hydrogens is 412 g/mol. The fourth-order valence-electron chi connectivity index (χ4n) is 3.38. The molecule has 3 rings (SSSR count). The minimum absolute atomic E-state index is 0.0556. The van der Waals surface area contributed by atoms with Crippen LogP contribution in [0.25, 0.3) is 0 Å². The number of hydrogen-bond acceptors (Lipinski definition) is 5. The Morgan fingerprint density at radius 1 is 1.07 bits per heavy atom. The van der Waals surface area contributed by atoms with Crippen LogP contribution in [0.3, 0.4) is 0 Å². The van der Waals surface area contributed by atoms with Crippen LogP contribution in [0.1, 0.15) is 16.7 Å². The van der Waals surface area contributed by atoms with Crippen molar-refractivity contribution in [1.29, 1.82) is 0 Å². The summed E-state index contributed by atoms with van der Waals surface area (Å²) in [6.07, 6.45) is 0. The molecule has 0 aromatic heterocycles. The molecule has 1 heterocycles. The normalized spacial score (nSPS) is 20.2. The van der Waals surface area contributed by atoms with E-state index in [-0.39, 0.29) is 18.8 Å². The smallest absolute Gasteiger partial charge is 0.325 e. The van der Waals surface area contributed by atoms with Crippen LogP contribution in [0.5, 0.6) is 0 Å². The van der Waals surface area contributed by atoms with E-state index < -0.39 is 22.0 Å². The molecule has 156 valence electrons. The zero-order valence-corrected chi connectivity index (χ0v) is 18.1. The highest BCUT2D eigenvalue weighted by Gasteiger charge is 2.39. The fraction of sp³-hybridized carbons (Fsp3) is 0.381. The van der Waals surface area contributed by atoms with Gasteiger partial charge in [-0.25, -0.2) is 8.42 Å². The second kappa shape index (κ2) is 9.26. The molecule has 1 atom stereocenters. The molecule has 0 aliphatic carbocycles. The van der Waals surface area contributed by atoms with E-state index in [0.717, 1.165) is 16.7 Å².